The molecule has 4 N–H and O–H groups in total. The van der Waals surface area contributed by atoms with Crippen molar-refractivity contribution >= 4 is 60.0 Å². The average molecular weight is 676 g/mol. The fourth-order valence-electron chi connectivity index (χ4n) is 5.19. The highest BCUT2D eigenvalue weighted by Crippen LogP contribution is 2.33. The van der Waals surface area contributed by atoms with Gasteiger partial charge in [-0.2, -0.15) is 16.8 Å². The van der Waals surface area contributed by atoms with Crippen LogP contribution >= 0.6 is 0 Å². The van der Waals surface area contributed by atoms with Gasteiger partial charge in [-0.05, 0) is 95.1 Å². The number of nitrogens with one attached hydrogen (secondary N) is 2. The quantitative estimate of drug-likeness (QED) is 0.114. The number of aliphatic imine (C=N–C) groups is 1. The normalized spacial score (nSPS) is 12.9. The number of rotatable bonds is 9. The molecule has 0 saturated carbocycles. The lowest BCUT2D eigenvalue weighted by atomic mass is 9.90. The third-order valence-electron chi connectivity index (χ3n) is 7.40. The van der Waals surface area contributed by atoms with E-state index in [1.165, 1.54) is 30.3 Å². The number of hydrogen-bond donors (Lipinski definition) is 4. The van der Waals surface area contributed by atoms with Crippen molar-refractivity contribution < 1.29 is 25.9 Å². The molecule has 1 aliphatic rings. The molecule has 6 rings (SSSR count). The summed E-state index contributed by atoms with van der Waals surface area (Å²) < 4.78 is 66.8. The molecule has 0 atom stereocenters. The number of para-hydroxylation sites is 3. The summed E-state index contributed by atoms with van der Waals surface area (Å²) in [5, 5.41) is 6.46. The molecule has 0 radical (unpaired) electrons. The van der Waals surface area contributed by atoms with Gasteiger partial charge < -0.3 is 10.6 Å². The van der Waals surface area contributed by atoms with E-state index >= 15 is 0 Å². The monoisotopic (exact) mass is 675 g/mol. The minimum Gasteiger partial charge on any atom is -0.356 e. The molecule has 0 aromatic heterocycles. The third kappa shape index (κ3) is 7.68. The summed E-state index contributed by atoms with van der Waals surface area (Å²) in [4.78, 5) is 3.95. The van der Waals surface area contributed by atoms with E-state index in [1.54, 1.807) is 30.4 Å². The Labute approximate surface area is 278 Å². The average Bonchev–Trinajstić information content (AvgIpc) is 3.07. The second-order valence-corrected chi connectivity index (χ2v) is 13.5. The maximum Gasteiger partial charge on any atom is 0.296 e. The predicted molar refractivity (Wildman–Crippen MR) is 190 cm³/mol. The molecule has 0 fully saturated rings. The fourth-order valence-corrected chi connectivity index (χ4v) is 6.46. The van der Waals surface area contributed by atoms with Crippen LogP contribution in [0.2, 0.25) is 0 Å². The van der Waals surface area contributed by atoms with Crippen LogP contribution < -0.4 is 10.6 Å². The lowest BCUT2D eigenvalue weighted by Crippen LogP contribution is -2.03. The zero-order chi connectivity index (χ0) is 33.7. The summed E-state index contributed by atoms with van der Waals surface area (Å²) in [6.07, 6.45) is 7.30. The molecule has 0 heterocycles. The van der Waals surface area contributed by atoms with Crippen molar-refractivity contribution in [1.82, 2.24) is 0 Å². The Bertz CT molecular complexity index is 2300. The number of nitrogens with zero attached hydrogens (tertiary/aromatic N) is 1. The number of benzene rings is 5. The van der Waals surface area contributed by atoms with Crippen molar-refractivity contribution in [2.45, 2.75) is 9.79 Å². The standard InChI is InChI=1S/C37H29N3O6S2/c41-47(42,43)35-12-6-4-10-33(35)39-31-22-16-27(17-23-31)37(26-14-20-30(21-15-26)38-29-8-2-1-3-9-29)28-18-24-32(25-19-28)40-34-11-5-7-13-36(34)48(44,45)46/h1-25,38-39H,(H,41,42,43)(H,44,45,46). The van der Waals surface area contributed by atoms with E-state index in [4.69, 9.17) is 0 Å². The van der Waals surface area contributed by atoms with Crippen molar-refractivity contribution in [3.63, 3.8) is 0 Å². The van der Waals surface area contributed by atoms with Gasteiger partial charge >= 0.3 is 0 Å². The summed E-state index contributed by atoms with van der Waals surface area (Å²) in [6, 6.07) is 37.3. The van der Waals surface area contributed by atoms with E-state index in [9.17, 15) is 25.9 Å². The van der Waals surface area contributed by atoms with Crippen LogP contribution in [0.15, 0.2) is 172 Å². The Hall–Kier alpha value is -5.59. The zero-order valence-corrected chi connectivity index (χ0v) is 26.9. The van der Waals surface area contributed by atoms with Crippen LogP contribution in [0.5, 0.6) is 0 Å². The predicted octanol–water partition coefficient (Wildman–Crippen LogP) is 8.37. The molecule has 0 amide bonds. The molecule has 5 aromatic carbocycles. The number of anilines is 4. The molecule has 0 aliphatic heterocycles. The van der Waals surface area contributed by atoms with Gasteiger partial charge in [-0.1, -0.05) is 78.9 Å². The van der Waals surface area contributed by atoms with Crippen molar-refractivity contribution in [1.29, 1.82) is 0 Å². The van der Waals surface area contributed by atoms with Gasteiger partial charge in [0.1, 0.15) is 9.79 Å². The highest BCUT2D eigenvalue weighted by atomic mass is 32.2. The first-order valence-corrected chi connectivity index (χ1v) is 17.5. The van der Waals surface area contributed by atoms with Gasteiger partial charge in [0, 0.05) is 17.1 Å². The smallest absolute Gasteiger partial charge is 0.296 e. The van der Waals surface area contributed by atoms with Crippen LogP contribution in [0.3, 0.4) is 0 Å². The van der Waals surface area contributed by atoms with Crippen molar-refractivity contribution in [3.05, 3.63) is 168 Å². The fraction of sp³-hybridized carbons (Fsp3) is 0. The SMILES string of the molecule is O=S(=O)(O)c1ccccc1N=C1C=CC(=C(c2ccc(Nc3ccccc3)cc2)c2ccc(Nc3ccccc3S(=O)(=O)O)cc2)C=C1. The molecule has 0 unspecified atom stereocenters. The molecular weight excluding hydrogens is 647 g/mol. The molecule has 0 bridgehead atoms. The van der Waals surface area contributed by atoms with Crippen molar-refractivity contribution in [2.24, 2.45) is 4.99 Å². The minimum absolute atomic E-state index is 0.122. The highest BCUT2D eigenvalue weighted by Gasteiger charge is 2.17. The van der Waals surface area contributed by atoms with E-state index in [-0.39, 0.29) is 21.2 Å². The van der Waals surface area contributed by atoms with Crippen LogP contribution in [0, 0.1) is 0 Å². The first kappa shape index (κ1) is 32.4. The molecule has 240 valence electrons. The Kier molecular flexibility index (Phi) is 9.19. The second kappa shape index (κ2) is 13.6. The van der Waals surface area contributed by atoms with E-state index < -0.39 is 20.2 Å². The van der Waals surface area contributed by atoms with Gasteiger partial charge in [-0.25, -0.2) is 4.99 Å². The first-order valence-electron chi connectivity index (χ1n) is 14.7. The van der Waals surface area contributed by atoms with Gasteiger partial charge in [0.25, 0.3) is 20.2 Å². The Morgan fingerprint density at radius 1 is 0.500 bits per heavy atom. The van der Waals surface area contributed by atoms with E-state index in [2.05, 4.69) is 15.6 Å². The zero-order valence-electron chi connectivity index (χ0n) is 25.2. The molecule has 48 heavy (non-hydrogen) atoms. The van der Waals surface area contributed by atoms with Crippen LogP contribution in [0.1, 0.15) is 11.1 Å². The molecule has 11 heteroatoms. The van der Waals surface area contributed by atoms with Crippen molar-refractivity contribution in [2.75, 3.05) is 10.6 Å². The third-order valence-corrected chi connectivity index (χ3v) is 9.22. The van der Waals surface area contributed by atoms with Gasteiger partial charge in [-0.3, -0.25) is 9.11 Å². The number of allylic oxidation sites excluding steroid dienone is 5. The maximum absolute atomic E-state index is 11.9. The van der Waals surface area contributed by atoms with Crippen LogP contribution in [0.25, 0.3) is 5.57 Å². The molecule has 1 aliphatic carbocycles. The lowest BCUT2D eigenvalue weighted by Gasteiger charge is -2.16. The molecule has 0 spiro atoms. The second-order valence-electron chi connectivity index (χ2n) is 10.7. The summed E-state index contributed by atoms with van der Waals surface area (Å²) in [6.45, 7) is 0. The van der Waals surface area contributed by atoms with Gasteiger partial charge in [0.05, 0.1) is 17.1 Å². The summed E-state index contributed by atoms with van der Waals surface area (Å²) in [5.41, 5.74) is 6.90. The number of hydrogen-bond acceptors (Lipinski definition) is 7. The molecule has 5 aromatic rings. The first-order chi connectivity index (χ1) is 23.0. The molecule has 0 saturated heterocycles. The minimum atomic E-state index is -4.45. The highest BCUT2D eigenvalue weighted by molar-refractivity contribution is 7.86. The van der Waals surface area contributed by atoms with E-state index in [1.807, 2.05) is 91.0 Å². The Balaban J connectivity index is 1.36. The summed E-state index contributed by atoms with van der Waals surface area (Å²) in [5.74, 6) is 0. The van der Waals surface area contributed by atoms with Gasteiger partial charge in [-0.15, -0.1) is 0 Å². The lowest BCUT2D eigenvalue weighted by molar-refractivity contribution is 0.481. The van der Waals surface area contributed by atoms with Crippen LogP contribution in [-0.2, 0) is 20.2 Å². The van der Waals surface area contributed by atoms with Gasteiger partial charge in [0.15, 0.2) is 0 Å². The largest absolute Gasteiger partial charge is 0.356 e. The van der Waals surface area contributed by atoms with E-state index in [0.717, 1.165) is 33.6 Å². The Morgan fingerprint density at radius 2 is 0.979 bits per heavy atom. The molecule has 9 nitrogen and oxygen atoms in total. The topological polar surface area (TPSA) is 145 Å². The summed E-state index contributed by atoms with van der Waals surface area (Å²) >= 11 is 0. The maximum atomic E-state index is 11.9. The van der Waals surface area contributed by atoms with Crippen LogP contribution in [-0.4, -0.2) is 31.7 Å². The van der Waals surface area contributed by atoms with E-state index in [0.29, 0.717) is 11.4 Å². The van der Waals surface area contributed by atoms with Gasteiger partial charge in [0.2, 0.25) is 0 Å². The Morgan fingerprint density at radius 3 is 1.56 bits per heavy atom. The molecular formula is C37H29N3O6S2. The summed E-state index contributed by atoms with van der Waals surface area (Å²) in [7, 11) is -8.88. The van der Waals surface area contributed by atoms with Crippen LogP contribution in [0.4, 0.5) is 28.4 Å². The van der Waals surface area contributed by atoms with Crippen molar-refractivity contribution in [3.8, 4) is 0 Å².